The molecule has 0 radical (unpaired) electrons. The molecule has 0 aromatic heterocycles. The number of halogens is 3. The number of carboxylic acids is 1. The fraction of sp³-hybridized carbons (Fsp3) is 0.192. The number of aliphatic carboxylic acids is 1. The second-order valence-electron chi connectivity index (χ2n) is 7.84. The van der Waals surface area contributed by atoms with Crippen molar-refractivity contribution in [3.8, 4) is 11.1 Å². The number of guanidine groups is 1. The van der Waals surface area contributed by atoms with Gasteiger partial charge in [0, 0.05) is 14.2 Å². The van der Waals surface area contributed by atoms with E-state index in [1.54, 1.807) is 14.2 Å². The molecule has 0 bridgehead atoms. The SMILES string of the molecule is COCc1c(-c2ccccc2)cccc1C1(c2ccccc2)N=C(N)N(C)C1=O.O=C(O)C(F)(F)F. The predicted octanol–water partition coefficient (Wildman–Crippen LogP) is 4.16. The van der Waals surface area contributed by atoms with Crippen LogP contribution < -0.4 is 5.73 Å². The Bertz CT molecular complexity index is 1260. The van der Waals surface area contributed by atoms with E-state index in [1.165, 1.54) is 4.90 Å². The van der Waals surface area contributed by atoms with Crippen LogP contribution in [-0.2, 0) is 26.5 Å². The van der Waals surface area contributed by atoms with Crippen LogP contribution >= 0.6 is 0 Å². The molecular weight excluding hydrogens is 475 g/mol. The first-order valence-corrected chi connectivity index (χ1v) is 10.7. The van der Waals surface area contributed by atoms with Crippen LogP contribution in [0.2, 0.25) is 0 Å². The van der Waals surface area contributed by atoms with Gasteiger partial charge in [0.2, 0.25) is 0 Å². The zero-order valence-corrected chi connectivity index (χ0v) is 19.5. The Labute approximate surface area is 205 Å². The molecule has 7 nitrogen and oxygen atoms in total. The first kappa shape index (κ1) is 26.4. The molecule has 36 heavy (non-hydrogen) atoms. The van der Waals surface area contributed by atoms with Gasteiger partial charge in [-0.25, -0.2) is 9.79 Å². The minimum Gasteiger partial charge on any atom is -0.475 e. The van der Waals surface area contributed by atoms with Gasteiger partial charge in [-0.15, -0.1) is 0 Å². The number of ether oxygens (including phenoxy) is 1. The molecule has 1 amide bonds. The van der Waals surface area contributed by atoms with Crippen LogP contribution in [0.4, 0.5) is 13.2 Å². The normalized spacial score (nSPS) is 17.3. The summed E-state index contributed by atoms with van der Waals surface area (Å²) in [6, 6.07) is 25.6. The minimum atomic E-state index is -5.08. The molecule has 1 atom stereocenters. The Morgan fingerprint density at radius 1 is 1.03 bits per heavy atom. The summed E-state index contributed by atoms with van der Waals surface area (Å²) < 4.78 is 37.3. The van der Waals surface area contributed by atoms with Crippen molar-refractivity contribution in [1.29, 1.82) is 0 Å². The molecule has 3 aromatic carbocycles. The minimum absolute atomic E-state index is 0.177. The molecule has 3 aromatic rings. The van der Waals surface area contributed by atoms with Crippen molar-refractivity contribution in [3.63, 3.8) is 0 Å². The number of rotatable bonds is 5. The maximum atomic E-state index is 13.5. The Kier molecular flexibility index (Phi) is 7.79. The number of amides is 1. The highest BCUT2D eigenvalue weighted by Gasteiger charge is 2.50. The third-order valence-corrected chi connectivity index (χ3v) is 5.61. The van der Waals surface area contributed by atoms with Crippen LogP contribution in [0.5, 0.6) is 0 Å². The lowest BCUT2D eigenvalue weighted by Crippen LogP contribution is -2.41. The quantitative estimate of drug-likeness (QED) is 0.549. The van der Waals surface area contributed by atoms with E-state index in [0.29, 0.717) is 6.61 Å². The summed E-state index contributed by atoms with van der Waals surface area (Å²) in [4.78, 5) is 28.6. The number of carboxylic acid groups (broad SMARTS) is 1. The maximum absolute atomic E-state index is 13.5. The number of aliphatic imine (C=N–C) groups is 1. The Morgan fingerprint density at radius 2 is 1.58 bits per heavy atom. The molecular formula is C26H24F3N3O4. The molecule has 0 aliphatic carbocycles. The molecule has 4 rings (SSSR count). The molecule has 0 fully saturated rings. The number of benzene rings is 3. The summed E-state index contributed by atoms with van der Waals surface area (Å²) >= 11 is 0. The molecule has 0 spiro atoms. The van der Waals surface area contributed by atoms with Gasteiger partial charge in [-0.2, -0.15) is 13.2 Å². The average Bonchev–Trinajstić information content (AvgIpc) is 3.10. The highest BCUT2D eigenvalue weighted by Crippen LogP contribution is 2.43. The summed E-state index contributed by atoms with van der Waals surface area (Å²) in [5.41, 5.74) is 9.43. The van der Waals surface area contributed by atoms with Gasteiger partial charge in [-0.05, 0) is 27.8 Å². The zero-order valence-electron chi connectivity index (χ0n) is 19.5. The monoisotopic (exact) mass is 499 g/mol. The van der Waals surface area contributed by atoms with Gasteiger partial charge >= 0.3 is 12.1 Å². The third kappa shape index (κ3) is 5.08. The van der Waals surface area contributed by atoms with Crippen LogP contribution in [0.25, 0.3) is 11.1 Å². The van der Waals surface area contributed by atoms with E-state index in [2.05, 4.69) is 0 Å². The van der Waals surface area contributed by atoms with Gasteiger partial charge < -0.3 is 15.6 Å². The van der Waals surface area contributed by atoms with Crippen molar-refractivity contribution in [2.24, 2.45) is 10.7 Å². The first-order valence-electron chi connectivity index (χ1n) is 10.7. The molecule has 10 heteroatoms. The number of nitrogens with two attached hydrogens (primary N) is 1. The first-order chi connectivity index (χ1) is 17.0. The Balaban J connectivity index is 0.000000454. The summed E-state index contributed by atoms with van der Waals surface area (Å²) in [5.74, 6) is -2.73. The van der Waals surface area contributed by atoms with Crippen molar-refractivity contribution >= 4 is 17.8 Å². The molecule has 188 valence electrons. The van der Waals surface area contributed by atoms with Crippen molar-refractivity contribution in [2.45, 2.75) is 18.3 Å². The second-order valence-corrected chi connectivity index (χ2v) is 7.84. The topological polar surface area (TPSA) is 105 Å². The molecule has 1 aliphatic heterocycles. The van der Waals surface area contributed by atoms with E-state index < -0.39 is 17.7 Å². The van der Waals surface area contributed by atoms with Gasteiger partial charge in [-0.1, -0.05) is 78.9 Å². The molecule has 3 N–H and O–H groups in total. The number of nitrogens with zero attached hydrogens (tertiary/aromatic N) is 2. The van der Waals surface area contributed by atoms with Crippen molar-refractivity contribution < 1.29 is 32.6 Å². The van der Waals surface area contributed by atoms with Crippen LogP contribution in [0, 0.1) is 0 Å². The average molecular weight is 499 g/mol. The third-order valence-electron chi connectivity index (χ3n) is 5.61. The lowest BCUT2D eigenvalue weighted by molar-refractivity contribution is -0.192. The molecule has 1 heterocycles. The maximum Gasteiger partial charge on any atom is 0.490 e. The fourth-order valence-electron chi connectivity index (χ4n) is 3.95. The Hall–Kier alpha value is -4.18. The summed E-state index contributed by atoms with van der Waals surface area (Å²) in [6.45, 7) is 0.349. The number of carbonyl (C=O) groups excluding carboxylic acids is 1. The summed E-state index contributed by atoms with van der Waals surface area (Å²) in [5, 5.41) is 7.12. The van der Waals surface area contributed by atoms with Crippen LogP contribution in [0.1, 0.15) is 16.7 Å². The number of carbonyl (C=O) groups is 2. The summed E-state index contributed by atoms with van der Waals surface area (Å²) in [6.07, 6.45) is -5.08. The van der Waals surface area contributed by atoms with E-state index in [4.69, 9.17) is 25.4 Å². The number of hydrogen-bond donors (Lipinski definition) is 2. The molecule has 0 saturated carbocycles. The predicted molar refractivity (Wildman–Crippen MR) is 128 cm³/mol. The van der Waals surface area contributed by atoms with Gasteiger partial charge in [0.1, 0.15) is 0 Å². The largest absolute Gasteiger partial charge is 0.490 e. The number of methoxy groups -OCH3 is 1. The van der Waals surface area contributed by atoms with E-state index in [9.17, 15) is 18.0 Å². The van der Waals surface area contributed by atoms with E-state index in [0.717, 1.165) is 27.8 Å². The number of hydrogen-bond acceptors (Lipinski definition) is 5. The highest BCUT2D eigenvalue weighted by atomic mass is 19.4. The fourth-order valence-corrected chi connectivity index (χ4v) is 3.95. The lowest BCUT2D eigenvalue weighted by atomic mass is 9.78. The smallest absolute Gasteiger partial charge is 0.475 e. The van der Waals surface area contributed by atoms with Gasteiger partial charge in [0.05, 0.1) is 6.61 Å². The second kappa shape index (κ2) is 10.6. The van der Waals surface area contributed by atoms with Crippen LogP contribution in [-0.4, -0.2) is 48.2 Å². The van der Waals surface area contributed by atoms with Gasteiger partial charge in [-0.3, -0.25) is 9.69 Å². The standard InChI is InChI=1S/C24H23N3O2.C2HF3O2/c1-27-22(28)24(26-23(27)25,18-12-7-4-8-13-18)21-15-9-14-19(20(21)16-29-2)17-10-5-3-6-11-17;3-2(4,5)1(6)7/h3-15H,16H2,1-2H3,(H2,25,26);(H,6,7). The van der Waals surface area contributed by atoms with Crippen molar-refractivity contribution in [1.82, 2.24) is 4.90 Å². The molecule has 0 saturated heterocycles. The van der Waals surface area contributed by atoms with Gasteiger partial charge in [0.15, 0.2) is 11.5 Å². The van der Waals surface area contributed by atoms with E-state index in [1.807, 2.05) is 78.9 Å². The lowest BCUT2D eigenvalue weighted by Gasteiger charge is -2.29. The zero-order chi connectivity index (χ0) is 26.5. The number of likely N-dealkylation sites (N-methyl/N-ethyl adjacent to an activating group) is 1. The van der Waals surface area contributed by atoms with Crippen molar-refractivity contribution in [3.05, 3.63) is 95.6 Å². The highest BCUT2D eigenvalue weighted by molar-refractivity contribution is 6.09. The Morgan fingerprint density at radius 3 is 2.06 bits per heavy atom. The van der Waals surface area contributed by atoms with Crippen LogP contribution in [0.15, 0.2) is 83.9 Å². The molecule has 1 unspecified atom stereocenters. The van der Waals surface area contributed by atoms with E-state index >= 15 is 0 Å². The van der Waals surface area contributed by atoms with Crippen LogP contribution in [0.3, 0.4) is 0 Å². The van der Waals surface area contributed by atoms with Gasteiger partial charge in [0.25, 0.3) is 5.91 Å². The van der Waals surface area contributed by atoms with E-state index in [-0.39, 0.29) is 11.9 Å². The summed E-state index contributed by atoms with van der Waals surface area (Å²) in [7, 11) is 3.31. The molecule has 1 aliphatic rings. The van der Waals surface area contributed by atoms with Crippen molar-refractivity contribution in [2.75, 3.05) is 14.2 Å². The number of alkyl halides is 3.